The minimum Gasteiger partial charge on any atom is -0.369 e. The zero-order valence-electron chi connectivity index (χ0n) is 8.66. The SMILES string of the molecule is CN(C)C(=N)/N=C(\N)N1CCCC1.Cl. The van der Waals surface area contributed by atoms with Gasteiger partial charge in [-0.3, -0.25) is 5.41 Å². The van der Waals surface area contributed by atoms with Crippen molar-refractivity contribution < 1.29 is 0 Å². The molecule has 1 aliphatic rings. The topological polar surface area (TPSA) is 68.7 Å². The second-order valence-corrected chi connectivity index (χ2v) is 3.38. The van der Waals surface area contributed by atoms with Crippen LogP contribution in [0.25, 0.3) is 0 Å². The van der Waals surface area contributed by atoms with Crippen molar-refractivity contribution in [3.63, 3.8) is 0 Å². The molecule has 0 saturated carbocycles. The van der Waals surface area contributed by atoms with Crippen molar-refractivity contribution in [1.29, 1.82) is 5.41 Å². The molecule has 1 heterocycles. The van der Waals surface area contributed by atoms with Crippen molar-refractivity contribution in [3.8, 4) is 0 Å². The molecule has 0 aromatic rings. The third-order valence-electron chi connectivity index (χ3n) is 2.07. The highest BCUT2D eigenvalue weighted by atomic mass is 35.5. The lowest BCUT2D eigenvalue weighted by Crippen LogP contribution is -2.36. The number of guanidine groups is 2. The molecule has 0 atom stereocenters. The van der Waals surface area contributed by atoms with E-state index >= 15 is 0 Å². The Bertz CT molecular complexity index is 220. The lowest BCUT2D eigenvalue weighted by Gasteiger charge is -2.17. The van der Waals surface area contributed by atoms with E-state index in [1.165, 1.54) is 12.8 Å². The van der Waals surface area contributed by atoms with Crippen LogP contribution in [0.15, 0.2) is 4.99 Å². The average molecular weight is 220 g/mol. The van der Waals surface area contributed by atoms with E-state index in [1.807, 2.05) is 4.90 Å². The van der Waals surface area contributed by atoms with Gasteiger partial charge in [-0.2, -0.15) is 4.99 Å². The predicted molar refractivity (Wildman–Crippen MR) is 61.1 cm³/mol. The van der Waals surface area contributed by atoms with Crippen LogP contribution in [0.3, 0.4) is 0 Å². The first-order valence-electron chi connectivity index (χ1n) is 4.46. The Morgan fingerprint density at radius 1 is 1.36 bits per heavy atom. The van der Waals surface area contributed by atoms with Gasteiger partial charge in [0, 0.05) is 27.2 Å². The molecule has 1 aliphatic heterocycles. The van der Waals surface area contributed by atoms with Crippen LogP contribution in [0.1, 0.15) is 12.8 Å². The first-order valence-corrected chi connectivity index (χ1v) is 4.46. The van der Waals surface area contributed by atoms with Gasteiger partial charge in [-0.25, -0.2) is 0 Å². The molecule has 0 spiro atoms. The van der Waals surface area contributed by atoms with E-state index in [1.54, 1.807) is 19.0 Å². The second-order valence-electron chi connectivity index (χ2n) is 3.38. The quantitative estimate of drug-likeness (QED) is 0.455. The molecule has 0 aromatic carbocycles. The van der Waals surface area contributed by atoms with Crippen LogP contribution in [0.2, 0.25) is 0 Å². The zero-order chi connectivity index (χ0) is 9.84. The maximum absolute atomic E-state index is 7.47. The summed E-state index contributed by atoms with van der Waals surface area (Å²) in [5.74, 6) is 0.667. The van der Waals surface area contributed by atoms with Crippen molar-refractivity contribution in [3.05, 3.63) is 0 Å². The van der Waals surface area contributed by atoms with Crippen molar-refractivity contribution in [2.75, 3.05) is 27.2 Å². The summed E-state index contributed by atoms with van der Waals surface area (Å²) in [6.07, 6.45) is 2.34. The lowest BCUT2D eigenvalue weighted by molar-refractivity contribution is 0.511. The van der Waals surface area contributed by atoms with Crippen LogP contribution in [-0.4, -0.2) is 48.9 Å². The van der Waals surface area contributed by atoms with Gasteiger partial charge in [0.1, 0.15) is 0 Å². The van der Waals surface area contributed by atoms with Gasteiger partial charge in [0.15, 0.2) is 5.96 Å². The number of hydrogen-bond acceptors (Lipinski definition) is 1. The van der Waals surface area contributed by atoms with Gasteiger partial charge < -0.3 is 15.5 Å². The molecule has 1 saturated heterocycles. The monoisotopic (exact) mass is 219 g/mol. The van der Waals surface area contributed by atoms with Crippen molar-refractivity contribution in [1.82, 2.24) is 9.80 Å². The molecule has 3 N–H and O–H groups in total. The summed E-state index contributed by atoms with van der Waals surface area (Å²) >= 11 is 0. The summed E-state index contributed by atoms with van der Waals surface area (Å²) in [5, 5.41) is 7.47. The molecule has 6 heteroatoms. The molecule has 0 bridgehead atoms. The van der Waals surface area contributed by atoms with Gasteiger partial charge in [0.05, 0.1) is 0 Å². The maximum atomic E-state index is 7.47. The van der Waals surface area contributed by atoms with Crippen LogP contribution in [0.4, 0.5) is 0 Å². The smallest absolute Gasteiger partial charge is 0.220 e. The standard InChI is InChI=1S/C8H17N5.ClH/c1-12(2)7(9)11-8(10)13-5-3-4-6-13;/h3-6H2,1-2H3,(H3,9,10,11);1H. The van der Waals surface area contributed by atoms with E-state index in [2.05, 4.69) is 4.99 Å². The lowest BCUT2D eigenvalue weighted by atomic mass is 10.4. The zero-order valence-corrected chi connectivity index (χ0v) is 9.47. The average Bonchev–Trinajstić information content (AvgIpc) is 2.55. The van der Waals surface area contributed by atoms with Gasteiger partial charge in [0.2, 0.25) is 5.96 Å². The Balaban J connectivity index is 0.00000169. The summed E-state index contributed by atoms with van der Waals surface area (Å²) < 4.78 is 0. The van der Waals surface area contributed by atoms with E-state index in [0.717, 1.165) is 13.1 Å². The number of rotatable bonds is 0. The number of nitrogens with two attached hydrogens (primary N) is 1. The van der Waals surface area contributed by atoms with E-state index in [4.69, 9.17) is 11.1 Å². The molecule has 0 aliphatic carbocycles. The molecular weight excluding hydrogens is 202 g/mol. The molecule has 14 heavy (non-hydrogen) atoms. The highest BCUT2D eigenvalue weighted by molar-refractivity contribution is 5.92. The van der Waals surface area contributed by atoms with Gasteiger partial charge in [-0.1, -0.05) is 0 Å². The minimum absolute atomic E-state index is 0. The van der Waals surface area contributed by atoms with E-state index in [0.29, 0.717) is 5.96 Å². The molecule has 0 unspecified atom stereocenters. The Kier molecular flexibility index (Phi) is 5.30. The molecule has 1 rings (SSSR count). The predicted octanol–water partition coefficient (Wildman–Crippen LogP) is 0.315. The molecular formula is C8H18ClN5. The molecule has 82 valence electrons. The Hall–Kier alpha value is -0.970. The summed E-state index contributed by atoms with van der Waals surface area (Å²) in [6.45, 7) is 1.94. The van der Waals surface area contributed by atoms with E-state index in [-0.39, 0.29) is 18.4 Å². The summed E-state index contributed by atoms with van der Waals surface area (Å²) in [5.41, 5.74) is 5.73. The summed E-state index contributed by atoms with van der Waals surface area (Å²) in [7, 11) is 3.56. The maximum Gasteiger partial charge on any atom is 0.220 e. The third-order valence-corrected chi connectivity index (χ3v) is 2.07. The molecule has 5 nitrogen and oxygen atoms in total. The number of nitrogens with one attached hydrogen (secondary N) is 1. The number of aliphatic imine (C=N–C) groups is 1. The van der Waals surface area contributed by atoms with E-state index in [9.17, 15) is 0 Å². The van der Waals surface area contributed by atoms with Gasteiger partial charge in [-0.05, 0) is 12.8 Å². The Morgan fingerprint density at radius 3 is 2.29 bits per heavy atom. The van der Waals surface area contributed by atoms with Crippen LogP contribution in [-0.2, 0) is 0 Å². The number of hydrogen-bond donors (Lipinski definition) is 2. The first kappa shape index (κ1) is 13.0. The highest BCUT2D eigenvalue weighted by Crippen LogP contribution is 2.06. The van der Waals surface area contributed by atoms with Crippen molar-refractivity contribution in [2.24, 2.45) is 10.7 Å². The fourth-order valence-corrected chi connectivity index (χ4v) is 1.23. The van der Waals surface area contributed by atoms with Gasteiger partial charge >= 0.3 is 0 Å². The van der Waals surface area contributed by atoms with Crippen molar-refractivity contribution in [2.45, 2.75) is 12.8 Å². The normalized spacial score (nSPS) is 16.4. The van der Waals surface area contributed by atoms with Crippen LogP contribution >= 0.6 is 12.4 Å². The number of nitrogens with zero attached hydrogens (tertiary/aromatic N) is 3. The number of likely N-dealkylation sites (tertiary alicyclic amines) is 1. The minimum atomic E-state index is 0. The first-order chi connectivity index (χ1) is 6.11. The van der Waals surface area contributed by atoms with Gasteiger partial charge in [0.25, 0.3) is 0 Å². The molecule has 1 fully saturated rings. The largest absolute Gasteiger partial charge is 0.369 e. The fraction of sp³-hybridized carbons (Fsp3) is 0.750. The molecule has 0 amide bonds. The fourth-order valence-electron chi connectivity index (χ4n) is 1.23. The Labute approximate surface area is 90.9 Å². The summed E-state index contributed by atoms with van der Waals surface area (Å²) in [6, 6.07) is 0. The van der Waals surface area contributed by atoms with Crippen molar-refractivity contribution >= 4 is 24.3 Å². The second kappa shape index (κ2) is 5.70. The summed E-state index contributed by atoms with van der Waals surface area (Å²) in [4.78, 5) is 7.63. The van der Waals surface area contributed by atoms with Crippen LogP contribution < -0.4 is 5.73 Å². The highest BCUT2D eigenvalue weighted by Gasteiger charge is 2.13. The van der Waals surface area contributed by atoms with Gasteiger partial charge in [-0.15, -0.1) is 12.4 Å². The third kappa shape index (κ3) is 3.41. The molecule has 0 radical (unpaired) electrons. The number of halogens is 1. The Morgan fingerprint density at radius 2 is 1.86 bits per heavy atom. The van der Waals surface area contributed by atoms with E-state index < -0.39 is 0 Å². The van der Waals surface area contributed by atoms with Crippen LogP contribution in [0.5, 0.6) is 0 Å². The molecule has 0 aromatic heterocycles. The van der Waals surface area contributed by atoms with Crippen LogP contribution in [0, 0.1) is 5.41 Å².